The van der Waals surface area contributed by atoms with Crippen molar-refractivity contribution in [3.8, 4) is 0 Å². The second-order valence-electron chi connectivity index (χ2n) is 7.70. The van der Waals surface area contributed by atoms with E-state index >= 15 is 0 Å². The number of nitrogens with two attached hydrogens (primary N) is 1. The minimum atomic E-state index is -0.437. The van der Waals surface area contributed by atoms with Crippen LogP contribution in [-0.4, -0.2) is 59.8 Å². The minimum absolute atomic E-state index is 0.202. The summed E-state index contributed by atoms with van der Waals surface area (Å²) in [7, 11) is 0. The fourth-order valence-corrected chi connectivity index (χ4v) is 3.64. The van der Waals surface area contributed by atoms with Gasteiger partial charge in [-0.15, -0.1) is 0 Å². The molecular formula is C17H33N3O2. The van der Waals surface area contributed by atoms with Gasteiger partial charge in [0, 0.05) is 38.3 Å². The van der Waals surface area contributed by atoms with E-state index in [-0.39, 0.29) is 12.1 Å². The summed E-state index contributed by atoms with van der Waals surface area (Å²) < 4.78 is 5.50. The van der Waals surface area contributed by atoms with Crippen LogP contribution in [0.5, 0.6) is 0 Å². The van der Waals surface area contributed by atoms with Crippen molar-refractivity contribution >= 4 is 6.09 Å². The molecule has 22 heavy (non-hydrogen) atoms. The van der Waals surface area contributed by atoms with E-state index in [1.165, 1.54) is 38.5 Å². The number of hydrogen-bond donors (Lipinski definition) is 1. The largest absolute Gasteiger partial charge is 0.444 e. The Kier molecular flexibility index (Phi) is 6.09. The number of carbonyl (C=O) groups is 1. The third kappa shape index (κ3) is 4.85. The van der Waals surface area contributed by atoms with E-state index in [1.807, 2.05) is 25.7 Å². The predicted molar refractivity (Wildman–Crippen MR) is 88.8 cm³/mol. The summed E-state index contributed by atoms with van der Waals surface area (Å²) in [5.41, 5.74) is 5.57. The highest BCUT2D eigenvalue weighted by Crippen LogP contribution is 2.25. The maximum Gasteiger partial charge on any atom is 0.410 e. The number of piperazine rings is 1. The van der Waals surface area contributed by atoms with Crippen LogP contribution in [0.1, 0.15) is 59.3 Å². The van der Waals surface area contributed by atoms with E-state index < -0.39 is 5.60 Å². The fraction of sp³-hybridized carbons (Fsp3) is 0.941. The zero-order valence-electron chi connectivity index (χ0n) is 14.5. The maximum absolute atomic E-state index is 12.3. The Labute approximate surface area is 135 Å². The van der Waals surface area contributed by atoms with Gasteiger partial charge in [-0.1, -0.05) is 25.7 Å². The van der Waals surface area contributed by atoms with Gasteiger partial charge in [-0.25, -0.2) is 4.79 Å². The molecule has 1 aliphatic heterocycles. The Morgan fingerprint density at radius 1 is 1.14 bits per heavy atom. The molecule has 2 aliphatic rings. The summed E-state index contributed by atoms with van der Waals surface area (Å²) >= 11 is 0. The highest BCUT2D eigenvalue weighted by atomic mass is 16.6. The topological polar surface area (TPSA) is 58.8 Å². The van der Waals surface area contributed by atoms with E-state index in [9.17, 15) is 4.79 Å². The van der Waals surface area contributed by atoms with Crippen LogP contribution in [0.3, 0.4) is 0 Å². The molecule has 1 aliphatic carbocycles. The molecule has 0 bridgehead atoms. The van der Waals surface area contributed by atoms with Gasteiger partial charge in [0.05, 0.1) is 0 Å². The predicted octanol–water partition coefficient (Wildman–Crippen LogP) is 2.59. The van der Waals surface area contributed by atoms with Crippen molar-refractivity contribution in [1.82, 2.24) is 9.80 Å². The van der Waals surface area contributed by atoms with E-state index in [0.717, 1.165) is 13.1 Å². The second kappa shape index (κ2) is 7.64. The molecule has 5 heteroatoms. The Morgan fingerprint density at radius 2 is 1.77 bits per heavy atom. The molecule has 2 N–H and O–H groups in total. The molecule has 0 radical (unpaired) electrons. The van der Waals surface area contributed by atoms with Gasteiger partial charge >= 0.3 is 6.09 Å². The Morgan fingerprint density at radius 3 is 2.32 bits per heavy atom. The van der Waals surface area contributed by atoms with Crippen LogP contribution in [0.25, 0.3) is 0 Å². The summed E-state index contributed by atoms with van der Waals surface area (Å²) in [5, 5.41) is 0. The van der Waals surface area contributed by atoms with Crippen LogP contribution in [0.2, 0.25) is 0 Å². The average molecular weight is 311 g/mol. The van der Waals surface area contributed by atoms with Crippen LogP contribution in [0, 0.1) is 0 Å². The van der Waals surface area contributed by atoms with E-state index in [2.05, 4.69) is 4.90 Å². The van der Waals surface area contributed by atoms with E-state index in [1.54, 1.807) is 0 Å². The second-order valence-corrected chi connectivity index (χ2v) is 7.70. The van der Waals surface area contributed by atoms with Crippen molar-refractivity contribution in [1.29, 1.82) is 0 Å². The van der Waals surface area contributed by atoms with E-state index in [0.29, 0.717) is 19.1 Å². The molecular weight excluding hydrogens is 278 g/mol. The van der Waals surface area contributed by atoms with Gasteiger partial charge in [-0.2, -0.15) is 0 Å². The number of rotatable bonds is 2. The molecule has 0 aromatic heterocycles. The zero-order chi connectivity index (χ0) is 16.2. The third-order valence-corrected chi connectivity index (χ3v) is 4.75. The normalized spacial score (nSPS) is 25.8. The first kappa shape index (κ1) is 17.5. The summed E-state index contributed by atoms with van der Waals surface area (Å²) in [6, 6.07) is 0.918. The van der Waals surface area contributed by atoms with Crippen LogP contribution < -0.4 is 5.73 Å². The molecule has 0 aromatic carbocycles. The van der Waals surface area contributed by atoms with Crippen molar-refractivity contribution < 1.29 is 9.53 Å². The van der Waals surface area contributed by atoms with E-state index in [4.69, 9.17) is 10.5 Å². The quantitative estimate of drug-likeness (QED) is 0.796. The van der Waals surface area contributed by atoms with Crippen molar-refractivity contribution in [2.24, 2.45) is 5.73 Å². The minimum Gasteiger partial charge on any atom is -0.444 e. The molecule has 0 aromatic rings. The lowest BCUT2D eigenvalue weighted by molar-refractivity contribution is -0.00492. The summed E-state index contributed by atoms with van der Waals surface area (Å²) in [5.74, 6) is 0. The number of hydrogen-bond acceptors (Lipinski definition) is 4. The van der Waals surface area contributed by atoms with Crippen LogP contribution >= 0.6 is 0 Å². The standard InChI is InChI=1S/C17H33N3O2/c1-17(2,3)22-16(21)19-10-11-20(15(12-18)13-19)14-8-6-4-5-7-9-14/h14-15H,4-13,18H2,1-3H3. The van der Waals surface area contributed by atoms with Crippen molar-refractivity contribution in [3.63, 3.8) is 0 Å². The molecule has 1 amide bonds. The molecule has 1 heterocycles. The van der Waals surface area contributed by atoms with Gasteiger partial charge < -0.3 is 15.4 Å². The van der Waals surface area contributed by atoms with Gasteiger partial charge in [0.1, 0.15) is 5.60 Å². The Hall–Kier alpha value is -0.810. The van der Waals surface area contributed by atoms with Gasteiger partial charge in [0.25, 0.3) is 0 Å². The van der Waals surface area contributed by atoms with Crippen LogP contribution in [0.15, 0.2) is 0 Å². The first-order valence-electron chi connectivity index (χ1n) is 8.84. The molecule has 1 saturated heterocycles. The van der Waals surface area contributed by atoms with Crippen LogP contribution in [-0.2, 0) is 4.74 Å². The molecule has 2 rings (SSSR count). The smallest absolute Gasteiger partial charge is 0.410 e. The van der Waals surface area contributed by atoms with Crippen molar-refractivity contribution in [2.75, 3.05) is 26.2 Å². The maximum atomic E-state index is 12.3. The Balaban J connectivity index is 1.94. The number of amides is 1. The zero-order valence-corrected chi connectivity index (χ0v) is 14.5. The van der Waals surface area contributed by atoms with Gasteiger partial charge in [-0.3, -0.25) is 4.90 Å². The summed E-state index contributed by atoms with van der Waals surface area (Å²) in [4.78, 5) is 16.6. The number of nitrogens with zero attached hydrogens (tertiary/aromatic N) is 2. The third-order valence-electron chi connectivity index (χ3n) is 4.75. The monoisotopic (exact) mass is 311 g/mol. The highest BCUT2D eigenvalue weighted by molar-refractivity contribution is 5.68. The van der Waals surface area contributed by atoms with Crippen molar-refractivity contribution in [3.05, 3.63) is 0 Å². The Bertz CT molecular complexity index is 359. The van der Waals surface area contributed by atoms with Gasteiger partial charge in [0.2, 0.25) is 0 Å². The van der Waals surface area contributed by atoms with Crippen molar-refractivity contribution in [2.45, 2.75) is 77.0 Å². The number of ether oxygens (including phenoxy) is 1. The first-order valence-corrected chi connectivity index (χ1v) is 8.84. The number of carbonyl (C=O) groups excluding carboxylic acids is 1. The van der Waals surface area contributed by atoms with Crippen LogP contribution in [0.4, 0.5) is 4.79 Å². The summed E-state index contributed by atoms with van der Waals surface area (Å²) in [6.45, 7) is 8.71. The lowest BCUT2D eigenvalue weighted by Crippen LogP contribution is -2.60. The SMILES string of the molecule is CC(C)(C)OC(=O)N1CCN(C2CCCCCC2)C(CN)C1. The molecule has 5 nitrogen and oxygen atoms in total. The summed E-state index contributed by atoms with van der Waals surface area (Å²) in [6.07, 6.45) is 7.74. The highest BCUT2D eigenvalue weighted by Gasteiger charge is 2.34. The first-order chi connectivity index (χ1) is 10.4. The lowest BCUT2D eigenvalue weighted by Gasteiger charge is -2.45. The average Bonchev–Trinajstić information content (AvgIpc) is 2.73. The van der Waals surface area contributed by atoms with Gasteiger partial charge in [0.15, 0.2) is 0 Å². The molecule has 2 fully saturated rings. The van der Waals surface area contributed by atoms with Gasteiger partial charge in [-0.05, 0) is 33.6 Å². The molecule has 1 saturated carbocycles. The fourth-order valence-electron chi connectivity index (χ4n) is 3.64. The molecule has 1 atom stereocenters. The molecule has 128 valence electrons. The molecule has 1 unspecified atom stereocenters. The lowest BCUT2D eigenvalue weighted by atomic mass is 10.0. The molecule has 0 spiro atoms.